The predicted octanol–water partition coefficient (Wildman–Crippen LogP) is 4.12. The first-order valence-corrected chi connectivity index (χ1v) is 12.6. The molecule has 1 saturated heterocycles. The van der Waals surface area contributed by atoms with E-state index in [-0.39, 0.29) is 23.9 Å². The van der Waals surface area contributed by atoms with E-state index in [0.29, 0.717) is 18.5 Å². The maximum Gasteiger partial charge on any atom is 0.262 e. The molecule has 1 N–H and O–H groups in total. The molecule has 3 aromatic heterocycles. The molecular formula is C23H30N4O2S2. The lowest BCUT2D eigenvalue weighted by Gasteiger charge is -2.36. The molecule has 4 rings (SSSR count). The van der Waals surface area contributed by atoms with Gasteiger partial charge < -0.3 is 5.32 Å². The average molecular weight is 459 g/mol. The Balaban J connectivity index is 1.38. The fraction of sp³-hybridized carbons (Fsp3) is 0.522. The number of hydrogen-bond donors (Lipinski definition) is 1. The van der Waals surface area contributed by atoms with Gasteiger partial charge in [-0.15, -0.1) is 22.7 Å². The lowest BCUT2D eigenvalue weighted by molar-refractivity contribution is -0.121. The van der Waals surface area contributed by atoms with Crippen molar-refractivity contribution in [2.45, 2.75) is 52.6 Å². The number of fused-ring (bicyclic) bond motifs is 1. The van der Waals surface area contributed by atoms with Crippen LogP contribution in [0, 0.1) is 19.8 Å². The van der Waals surface area contributed by atoms with Crippen molar-refractivity contribution < 1.29 is 4.79 Å². The normalized spacial score (nSPS) is 16.6. The Bertz CT molecular complexity index is 1090. The molecule has 0 unspecified atom stereocenters. The molecule has 0 bridgehead atoms. The number of thiophene rings is 2. The number of carbonyl (C=O) groups is 1. The van der Waals surface area contributed by atoms with Crippen molar-refractivity contribution in [3.8, 4) is 0 Å². The van der Waals surface area contributed by atoms with E-state index in [4.69, 9.17) is 0 Å². The maximum absolute atomic E-state index is 12.8. The molecule has 31 heavy (non-hydrogen) atoms. The summed E-state index contributed by atoms with van der Waals surface area (Å²) in [6.45, 7) is 9.36. The maximum atomic E-state index is 12.8. The highest BCUT2D eigenvalue weighted by molar-refractivity contribution is 7.18. The highest BCUT2D eigenvalue weighted by Crippen LogP contribution is 2.29. The second-order valence-corrected chi connectivity index (χ2v) is 10.7. The molecule has 166 valence electrons. The van der Waals surface area contributed by atoms with Crippen LogP contribution in [0.5, 0.6) is 0 Å². The van der Waals surface area contributed by atoms with Crippen molar-refractivity contribution in [1.82, 2.24) is 19.8 Å². The number of nitrogens with zero attached hydrogens (tertiary/aromatic N) is 3. The largest absolute Gasteiger partial charge is 0.354 e. The average Bonchev–Trinajstić information content (AvgIpc) is 3.38. The van der Waals surface area contributed by atoms with E-state index in [1.54, 1.807) is 33.6 Å². The van der Waals surface area contributed by atoms with Crippen LogP contribution >= 0.6 is 22.7 Å². The monoisotopic (exact) mass is 458 g/mol. The molecular weight excluding hydrogens is 428 g/mol. The fourth-order valence-electron chi connectivity index (χ4n) is 4.18. The van der Waals surface area contributed by atoms with Crippen LogP contribution in [-0.2, 0) is 11.3 Å². The van der Waals surface area contributed by atoms with Crippen LogP contribution in [0.15, 0.2) is 28.6 Å². The third-order valence-electron chi connectivity index (χ3n) is 6.36. The second kappa shape index (κ2) is 9.63. The van der Waals surface area contributed by atoms with Crippen LogP contribution in [0.4, 0.5) is 0 Å². The van der Waals surface area contributed by atoms with Crippen LogP contribution in [0.25, 0.3) is 10.2 Å². The topological polar surface area (TPSA) is 67.2 Å². The zero-order valence-electron chi connectivity index (χ0n) is 18.4. The number of likely N-dealkylation sites (tertiary alicyclic amines) is 1. The van der Waals surface area contributed by atoms with Gasteiger partial charge >= 0.3 is 0 Å². The Morgan fingerprint density at radius 3 is 2.81 bits per heavy atom. The zero-order chi connectivity index (χ0) is 22.0. The number of aromatic nitrogens is 2. The van der Waals surface area contributed by atoms with Gasteiger partial charge in [-0.2, -0.15) is 0 Å². The van der Waals surface area contributed by atoms with E-state index in [0.717, 1.165) is 34.3 Å². The Labute approximate surface area is 190 Å². The Morgan fingerprint density at radius 1 is 1.32 bits per heavy atom. The van der Waals surface area contributed by atoms with Gasteiger partial charge in [0.15, 0.2) is 0 Å². The smallest absolute Gasteiger partial charge is 0.262 e. The Hall–Kier alpha value is -2.03. The molecule has 6 nitrogen and oxygen atoms in total. The minimum absolute atomic E-state index is 0.0304. The fourth-order valence-corrected chi connectivity index (χ4v) is 6.03. The van der Waals surface area contributed by atoms with Gasteiger partial charge in [0.25, 0.3) is 5.56 Å². The van der Waals surface area contributed by atoms with Gasteiger partial charge in [0.1, 0.15) is 4.83 Å². The van der Waals surface area contributed by atoms with Crippen LogP contribution in [0.3, 0.4) is 0 Å². The van der Waals surface area contributed by atoms with Crippen LogP contribution < -0.4 is 10.9 Å². The summed E-state index contributed by atoms with van der Waals surface area (Å²) >= 11 is 3.29. The molecule has 1 amide bonds. The summed E-state index contributed by atoms with van der Waals surface area (Å²) in [5.74, 6) is 0.742. The summed E-state index contributed by atoms with van der Waals surface area (Å²) in [4.78, 5) is 35.5. The molecule has 1 aliphatic heterocycles. The lowest BCUT2D eigenvalue weighted by Crippen LogP contribution is -2.41. The van der Waals surface area contributed by atoms with E-state index in [9.17, 15) is 9.59 Å². The number of rotatable bonds is 7. The third-order valence-corrected chi connectivity index (χ3v) is 8.45. The molecule has 3 aromatic rings. The van der Waals surface area contributed by atoms with Crippen molar-refractivity contribution in [1.29, 1.82) is 0 Å². The third kappa shape index (κ3) is 4.91. The van der Waals surface area contributed by atoms with Crippen molar-refractivity contribution in [2.24, 2.45) is 5.92 Å². The van der Waals surface area contributed by atoms with E-state index in [2.05, 4.69) is 39.6 Å². The highest BCUT2D eigenvalue weighted by atomic mass is 32.1. The number of aryl methyl sites for hydroxylation is 3. The second-order valence-electron chi connectivity index (χ2n) is 8.51. The lowest BCUT2D eigenvalue weighted by atomic mass is 9.97. The summed E-state index contributed by atoms with van der Waals surface area (Å²) in [6, 6.07) is 4.45. The number of nitrogens with one attached hydrogen (secondary N) is 1. The van der Waals surface area contributed by atoms with Gasteiger partial charge in [-0.25, -0.2) is 4.98 Å². The van der Waals surface area contributed by atoms with Crippen LogP contribution in [-0.4, -0.2) is 40.0 Å². The van der Waals surface area contributed by atoms with Gasteiger partial charge in [-0.05, 0) is 62.7 Å². The van der Waals surface area contributed by atoms with Gasteiger partial charge in [-0.1, -0.05) is 13.0 Å². The molecule has 1 aliphatic rings. The molecule has 1 fully saturated rings. The first kappa shape index (κ1) is 22.2. The zero-order valence-corrected chi connectivity index (χ0v) is 20.0. The van der Waals surface area contributed by atoms with Crippen molar-refractivity contribution in [2.75, 3.05) is 19.6 Å². The summed E-state index contributed by atoms with van der Waals surface area (Å²) in [6.07, 6.45) is 4.24. The molecule has 0 aliphatic carbocycles. The van der Waals surface area contributed by atoms with Crippen LogP contribution in [0.2, 0.25) is 0 Å². The summed E-state index contributed by atoms with van der Waals surface area (Å²) in [5, 5.41) is 5.89. The molecule has 4 heterocycles. The standard InChI is InChI=1S/C23H30N4O2S2/c1-15-6-9-26(10-7-15)18(19-5-4-12-30-19)13-24-20(28)8-11-27-14-25-22-21(23(27)29)16(2)17(3)31-22/h4-5,12,14-15,18H,6-11,13H2,1-3H3,(H,24,28)/t18-/m0/s1. The van der Waals surface area contributed by atoms with E-state index < -0.39 is 0 Å². The minimum atomic E-state index is -0.0569. The summed E-state index contributed by atoms with van der Waals surface area (Å²) < 4.78 is 1.56. The van der Waals surface area contributed by atoms with E-state index in [1.807, 2.05) is 13.8 Å². The number of hydrogen-bond acceptors (Lipinski definition) is 6. The first-order chi connectivity index (χ1) is 14.9. The molecule has 1 atom stereocenters. The Kier molecular flexibility index (Phi) is 6.89. The first-order valence-electron chi connectivity index (χ1n) is 10.9. The molecule has 0 saturated carbocycles. The van der Waals surface area contributed by atoms with Crippen molar-refractivity contribution in [3.63, 3.8) is 0 Å². The number of piperidine rings is 1. The van der Waals surface area contributed by atoms with E-state index >= 15 is 0 Å². The quantitative estimate of drug-likeness (QED) is 0.578. The highest BCUT2D eigenvalue weighted by Gasteiger charge is 2.25. The Morgan fingerprint density at radius 2 is 2.10 bits per heavy atom. The van der Waals surface area contributed by atoms with Gasteiger partial charge in [0, 0.05) is 29.3 Å². The van der Waals surface area contributed by atoms with Gasteiger partial charge in [0.05, 0.1) is 17.8 Å². The molecule has 0 radical (unpaired) electrons. The summed E-state index contributed by atoms with van der Waals surface area (Å²) in [5.41, 5.74) is 0.935. The van der Waals surface area contributed by atoms with Gasteiger partial charge in [0.2, 0.25) is 5.91 Å². The molecule has 0 spiro atoms. The van der Waals surface area contributed by atoms with E-state index in [1.165, 1.54) is 17.7 Å². The number of amides is 1. The SMILES string of the molecule is Cc1sc2ncn(CCC(=O)NC[C@@H](c3cccs3)N3CCC(C)CC3)c(=O)c2c1C. The molecule has 0 aromatic carbocycles. The minimum Gasteiger partial charge on any atom is -0.354 e. The predicted molar refractivity (Wildman–Crippen MR) is 128 cm³/mol. The number of carbonyl (C=O) groups excluding carboxylic acids is 1. The molecule has 8 heteroatoms. The summed E-state index contributed by atoms with van der Waals surface area (Å²) in [7, 11) is 0. The van der Waals surface area contributed by atoms with Gasteiger partial charge in [-0.3, -0.25) is 19.1 Å². The van der Waals surface area contributed by atoms with Crippen molar-refractivity contribution >= 4 is 38.8 Å². The van der Waals surface area contributed by atoms with Crippen molar-refractivity contribution in [3.05, 3.63) is 49.5 Å². The van der Waals surface area contributed by atoms with Crippen LogP contribution in [0.1, 0.15) is 47.5 Å².